The van der Waals surface area contributed by atoms with E-state index >= 15 is 0 Å². The van der Waals surface area contributed by atoms with Crippen LogP contribution in [-0.4, -0.2) is 65.0 Å². The highest BCUT2D eigenvalue weighted by molar-refractivity contribution is 9.10. The molecule has 7 nitrogen and oxygen atoms in total. The molecule has 0 aromatic heterocycles. The van der Waals surface area contributed by atoms with Crippen LogP contribution in [0.3, 0.4) is 0 Å². The Balaban J connectivity index is 2.16. The molecule has 1 amide bonds. The maximum Gasteiger partial charge on any atom is 0.295 e. The number of phenols is 1. The van der Waals surface area contributed by atoms with Crippen LogP contribution >= 0.6 is 15.9 Å². The summed E-state index contributed by atoms with van der Waals surface area (Å²) in [6, 6.07) is 10.8. The van der Waals surface area contributed by atoms with Crippen LogP contribution in [0.4, 0.5) is 0 Å². The number of benzene rings is 2. The minimum Gasteiger partial charge on any atom is -0.507 e. The summed E-state index contributed by atoms with van der Waals surface area (Å²) in [5.41, 5.74) is 0.657. The molecule has 0 saturated carbocycles. The molecule has 2 aromatic rings. The molecular formula is C24H27BrN2O5. The predicted octanol–water partition coefficient (Wildman–Crippen LogP) is 3.93. The third kappa shape index (κ3) is 4.66. The van der Waals surface area contributed by atoms with E-state index in [1.165, 1.54) is 24.1 Å². The standard InChI is InChI=1S/C24H27BrN2O5/c1-4-26(5-2)11-12-27-21(15-7-6-8-17(13-15)32-3)20(23(30)24(27)31)22(29)18-14-16(25)9-10-19(18)28/h6-10,13-14,21,28-29H,4-5,11-12H2,1-3H3/t21-/m1/s1. The van der Waals surface area contributed by atoms with E-state index in [0.29, 0.717) is 28.9 Å². The molecule has 1 atom stereocenters. The number of aliphatic hydroxyl groups is 1. The molecule has 8 heteroatoms. The minimum absolute atomic E-state index is 0.0591. The van der Waals surface area contributed by atoms with Gasteiger partial charge in [0.05, 0.1) is 24.3 Å². The van der Waals surface area contributed by atoms with Crippen molar-refractivity contribution in [2.24, 2.45) is 0 Å². The van der Waals surface area contributed by atoms with Gasteiger partial charge in [0.2, 0.25) is 0 Å². The SMILES string of the molecule is CCN(CC)CCN1C(=O)C(=O)C(=C(O)c2cc(Br)ccc2O)[C@H]1c1cccc(OC)c1. The number of ether oxygens (including phenoxy) is 1. The normalized spacial score (nSPS) is 17.9. The van der Waals surface area contributed by atoms with Crippen LogP contribution in [0.5, 0.6) is 11.5 Å². The van der Waals surface area contributed by atoms with Gasteiger partial charge in [-0.1, -0.05) is 41.9 Å². The maximum atomic E-state index is 13.1. The monoisotopic (exact) mass is 502 g/mol. The van der Waals surface area contributed by atoms with Crippen LogP contribution in [0.2, 0.25) is 0 Å². The number of likely N-dealkylation sites (tertiary alicyclic amines) is 1. The van der Waals surface area contributed by atoms with E-state index in [1.54, 1.807) is 30.3 Å². The lowest BCUT2D eigenvalue weighted by atomic mass is 9.95. The Kier molecular flexibility index (Phi) is 7.58. The van der Waals surface area contributed by atoms with Gasteiger partial charge in [-0.2, -0.15) is 0 Å². The molecule has 0 bridgehead atoms. The molecule has 2 N–H and O–H groups in total. The zero-order valence-electron chi connectivity index (χ0n) is 18.3. The number of rotatable bonds is 8. The lowest BCUT2D eigenvalue weighted by Crippen LogP contribution is -2.38. The van der Waals surface area contributed by atoms with E-state index < -0.39 is 23.5 Å². The number of ketones is 1. The van der Waals surface area contributed by atoms with Crippen molar-refractivity contribution >= 4 is 33.4 Å². The number of carbonyl (C=O) groups is 2. The fourth-order valence-corrected chi connectivity index (χ4v) is 4.26. The number of Topliss-reactive ketones (excluding diaryl/α,β-unsaturated/α-hetero) is 1. The van der Waals surface area contributed by atoms with Crippen LogP contribution in [0, 0.1) is 0 Å². The molecule has 32 heavy (non-hydrogen) atoms. The molecule has 0 unspecified atom stereocenters. The second-order valence-corrected chi connectivity index (χ2v) is 8.37. The van der Waals surface area contributed by atoms with Crippen LogP contribution < -0.4 is 4.74 Å². The first-order valence-electron chi connectivity index (χ1n) is 10.5. The maximum absolute atomic E-state index is 13.1. The summed E-state index contributed by atoms with van der Waals surface area (Å²) in [6.07, 6.45) is 0. The smallest absolute Gasteiger partial charge is 0.295 e. The molecule has 1 fully saturated rings. The topological polar surface area (TPSA) is 90.3 Å². The molecule has 1 heterocycles. The molecule has 1 saturated heterocycles. The number of aromatic hydroxyl groups is 1. The zero-order valence-corrected chi connectivity index (χ0v) is 19.9. The molecule has 0 aliphatic carbocycles. The molecule has 2 aromatic carbocycles. The largest absolute Gasteiger partial charge is 0.507 e. The van der Waals surface area contributed by atoms with E-state index in [0.717, 1.165) is 13.1 Å². The third-order valence-electron chi connectivity index (χ3n) is 5.71. The average Bonchev–Trinajstić information content (AvgIpc) is 3.05. The Bertz CT molecular complexity index is 1050. The number of halogens is 1. The number of hydrogen-bond donors (Lipinski definition) is 2. The molecule has 1 aliphatic heterocycles. The molecule has 170 valence electrons. The van der Waals surface area contributed by atoms with E-state index in [2.05, 4.69) is 20.8 Å². The first kappa shape index (κ1) is 23.8. The minimum atomic E-state index is -0.806. The summed E-state index contributed by atoms with van der Waals surface area (Å²) in [7, 11) is 1.54. The number of phenolic OH excluding ortho intramolecular Hbond substituents is 1. The Morgan fingerprint density at radius 2 is 1.88 bits per heavy atom. The van der Waals surface area contributed by atoms with Gasteiger partial charge in [0, 0.05) is 17.6 Å². The second-order valence-electron chi connectivity index (χ2n) is 7.46. The summed E-state index contributed by atoms with van der Waals surface area (Å²) in [5.74, 6) is -1.50. The van der Waals surface area contributed by atoms with Gasteiger partial charge in [-0.25, -0.2) is 0 Å². The summed E-state index contributed by atoms with van der Waals surface area (Å²) in [6.45, 7) is 6.60. The predicted molar refractivity (Wildman–Crippen MR) is 126 cm³/mol. The van der Waals surface area contributed by atoms with Crippen molar-refractivity contribution in [1.82, 2.24) is 9.80 Å². The van der Waals surface area contributed by atoms with Gasteiger partial charge in [0.1, 0.15) is 17.3 Å². The number of hydrogen-bond acceptors (Lipinski definition) is 6. The summed E-state index contributed by atoms with van der Waals surface area (Å²) in [4.78, 5) is 29.8. The molecule has 0 radical (unpaired) electrons. The van der Waals surface area contributed by atoms with E-state index in [-0.39, 0.29) is 16.9 Å². The number of amides is 1. The van der Waals surface area contributed by atoms with Crippen molar-refractivity contribution in [3.8, 4) is 11.5 Å². The van der Waals surface area contributed by atoms with E-state index in [9.17, 15) is 19.8 Å². The van der Waals surface area contributed by atoms with Crippen molar-refractivity contribution in [2.75, 3.05) is 33.3 Å². The Labute approximate surface area is 196 Å². The molecule has 3 rings (SSSR count). The quantitative estimate of drug-likeness (QED) is 0.323. The molecule has 1 aliphatic rings. The summed E-state index contributed by atoms with van der Waals surface area (Å²) >= 11 is 3.32. The molecular weight excluding hydrogens is 476 g/mol. The number of methoxy groups -OCH3 is 1. The van der Waals surface area contributed by atoms with Crippen molar-refractivity contribution in [1.29, 1.82) is 0 Å². The number of likely N-dealkylation sites (N-methyl/N-ethyl adjacent to an activating group) is 1. The van der Waals surface area contributed by atoms with Crippen molar-refractivity contribution < 1.29 is 24.5 Å². The lowest BCUT2D eigenvalue weighted by Gasteiger charge is -2.28. The van der Waals surface area contributed by atoms with Crippen LogP contribution in [0.25, 0.3) is 5.76 Å². The molecule has 0 spiro atoms. The highest BCUT2D eigenvalue weighted by Crippen LogP contribution is 2.41. The fourth-order valence-electron chi connectivity index (χ4n) is 3.90. The number of carbonyl (C=O) groups excluding carboxylic acids is 2. The van der Waals surface area contributed by atoms with Gasteiger partial charge in [0.25, 0.3) is 11.7 Å². The Morgan fingerprint density at radius 3 is 2.53 bits per heavy atom. The highest BCUT2D eigenvalue weighted by Gasteiger charge is 2.46. The van der Waals surface area contributed by atoms with E-state index in [1.807, 2.05) is 13.8 Å². The highest BCUT2D eigenvalue weighted by atomic mass is 79.9. The fraction of sp³-hybridized carbons (Fsp3) is 0.333. The van der Waals surface area contributed by atoms with Crippen LogP contribution in [-0.2, 0) is 9.59 Å². The zero-order chi connectivity index (χ0) is 23.4. The third-order valence-corrected chi connectivity index (χ3v) is 6.21. The summed E-state index contributed by atoms with van der Waals surface area (Å²) < 4.78 is 5.95. The number of nitrogens with zero attached hydrogens (tertiary/aromatic N) is 2. The van der Waals surface area contributed by atoms with Gasteiger partial charge in [-0.05, 0) is 49.0 Å². The average molecular weight is 503 g/mol. The van der Waals surface area contributed by atoms with Gasteiger partial charge >= 0.3 is 0 Å². The first-order chi connectivity index (χ1) is 15.3. The second kappa shape index (κ2) is 10.2. The van der Waals surface area contributed by atoms with Crippen molar-refractivity contribution in [3.63, 3.8) is 0 Å². The first-order valence-corrected chi connectivity index (χ1v) is 11.2. The lowest BCUT2D eigenvalue weighted by molar-refractivity contribution is -0.140. The number of aliphatic hydroxyl groups excluding tert-OH is 1. The Hall–Kier alpha value is -2.84. The van der Waals surface area contributed by atoms with E-state index in [4.69, 9.17) is 4.74 Å². The van der Waals surface area contributed by atoms with Crippen molar-refractivity contribution in [2.45, 2.75) is 19.9 Å². The van der Waals surface area contributed by atoms with Crippen LogP contribution in [0.1, 0.15) is 31.0 Å². The van der Waals surface area contributed by atoms with Gasteiger partial charge in [-0.15, -0.1) is 0 Å². The van der Waals surface area contributed by atoms with Gasteiger partial charge in [0.15, 0.2) is 0 Å². The van der Waals surface area contributed by atoms with Crippen molar-refractivity contribution in [3.05, 3.63) is 63.6 Å². The Morgan fingerprint density at radius 1 is 1.16 bits per heavy atom. The summed E-state index contributed by atoms with van der Waals surface area (Å²) in [5, 5.41) is 21.4. The van der Waals surface area contributed by atoms with Gasteiger partial charge in [-0.3, -0.25) is 9.59 Å². The van der Waals surface area contributed by atoms with Crippen LogP contribution in [0.15, 0.2) is 52.5 Å². The van der Waals surface area contributed by atoms with Gasteiger partial charge < -0.3 is 24.7 Å².